The molecule has 90 valence electrons. The second-order valence-electron chi connectivity index (χ2n) is 3.48. The fraction of sp³-hybridized carbons (Fsp3) is 0.273. The van der Waals surface area contributed by atoms with Gasteiger partial charge >= 0.3 is 0 Å². The van der Waals surface area contributed by atoms with Crippen LogP contribution in [0.3, 0.4) is 0 Å². The summed E-state index contributed by atoms with van der Waals surface area (Å²) in [5.41, 5.74) is 0.764. The number of aromatic nitrogens is 1. The summed E-state index contributed by atoms with van der Waals surface area (Å²) >= 11 is 4.55. The Balaban J connectivity index is 2.41. The summed E-state index contributed by atoms with van der Waals surface area (Å²) in [6.45, 7) is 1.78. The highest BCUT2D eigenvalue weighted by atomic mass is 79.9. The molecule has 0 spiro atoms. The molecule has 6 heteroatoms. The van der Waals surface area contributed by atoms with Crippen molar-refractivity contribution in [3.8, 4) is 5.88 Å². The van der Waals surface area contributed by atoms with Crippen molar-refractivity contribution >= 4 is 49.1 Å². The normalized spacial score (nSPS) is 12.4. The maximum atomic E-state index is 11.6. The monoisotopic (exact) mass is 314 g/mol. The quantitative estimate of drug-likeness (QED) is 0.886. The van der Waals surface area contributed by atoms with Crippen LogP contribution in [0.15, 0.2) is 18.2 Å². The Labute approximate surface area is 111 Å². The molecule has 4 nitrogen and oxygen atoms in total. The number of alkyl halides is 1. The van der Waals surface area contributed by atoms with E-state index in [1.54, 1.807) is 14.0 Å². The molecule has 1 N–H and O–H groups in total. The molecule has 2 rings (SSSR count). The van der Waals surface area contributed by atoms with E-state index in [1.807, 2.05) is 18.2 Å². The van der Waals surface area contributed by atoms with E-state index in [0.717, 1.165) is 15.8 Å². The largest absolute Gasteiger partial charge is 0.480 e. The molecule has 0 bridgehead atoms. The van der Waals surface area contributed by atoms with Gasteiger partial charge < -0.3 is 10.1 Å². The molecule has 0 saturated carbocycles. The van der Waals surface area contributed by atoms with Gasteiger partial charge in [0.25, 0.3) is 0 Å². The predicted molar refractivity (Wildman–Crippen MR) is 73.2 cm³/mol. The van der Waals surface area contributed by atoms with Crippen LogP contribution in [0.4, 0.5) is 5.69 Å². The van der Waals surface area contributed by atoms with Crippen LogP contribution in [0.25, 0.3) is 10.1 Å². The minimum Gasteiger partial charge on any atom is -0.480 e. The van der Waals surface area contributed by atoms with Crippen molar-refractivity contribution in [1.29, 1.82) is 0 Å². The number of methoxy groups -OCH3 is 1. The summed E-state index contributed by atoms with van der Waals surface area (Å²) in [6.07, 6.45) is 0. The number of nitrogens with one attached hydrogen (secondary N) is 1. The lowest BCUT2D eigenvalue weighted by Crippen LogP contribution is -2.19. The number of fused-ring (bicyclic) bond motifs is 1. The highest BCUT2D eigenvalue weighted by Gasteiger charge is 2.14. The summed E-state index contributed by atoms with van der Waals surface area (Å²) in [5.74, 6) is 0.512. The molecule has 0 aliphatic heterocycles. The van der Waals surface area contributed by atoms with Crippen molar-refractivity contribution in [1.82, 2.24) is 4.37 Å². The van der Waals surface area contributed by atoms with Crippen LogP contribution in [-0.2, 0) is 4.79 Å². The lowest BCUT2D eigenvalue weighted by atomic mass is 10.2. The van der Waals surface area contributed by atoms with Crippen LogP contribution in [0, 0.1) is 0 Å². The topological polar surface area (TPSA) is 51.2 Å². The second kappa shape index (κ2) is 5.01. The molecule has 1 heterocycles. The molecule has 0 saturated heterocycles. The van der Waals surface area contributed by atoms with Gasteiger partial charge in [-0.2, -0.15) is 4.37 Å². The fourth-order valence-electron chi connectivity index (χ4n) is 1.42. The Hall–Kier alpha value is -1.14. The van der Waals surface area contributed by atoms with E-state index in [-0.39, 0.29) is 10.7 Å². The number of halogens is 1. The molecule has 1 unspecified atom stereocenters. The summed E-state index contributed by atoms with van der Waals surface area (Å²) in [7, 11) is 1.58. The van der Waals surface area contributed by atoms with Crippen LogP contribution in [-0.4, -0.2) is 22.2 Å². The molecule has 17 heavy (non-hydrogen) atoms. The number of carbonyl (C=O) groups is 1. The maximum absolute atomic E-state index is 11.6. The predicted octanol–water partition coefficient (Wildman–Crippen LogP) is 3.03. The van der Waals surface area contributed by atoms with Crippen LogP contribution in [0.5, 0.6) is 5.88 Å². The Morgan fingerprint density at radius 1 is 1.59 bits per heavy atom. The number of hydrogen-bond acceptors (Lipinski definition) is 4. The lowest BCUT2D eigenvalue weighted by molar-refractivity contribution is -0.115. The molecule has 1 atom stereocenters. The van der Waals surface area contributed by atoms with Gasteiger partial charge in [0.05, 0.1) is 27.7 Å². The summed E-state index contributed by atoms with van der Waals surface area (Å²) in [5, 5.41) is 3.77. The van der Waals surface area contributed by atoms with E-state index in [2.05, 4.69) is 25.6 Å². The minimum atomic E-state index is -0.229. The SMILES string of the molecule is COc1nsc2c(NC(=O)C(C)Br)cccc12. The van der Waals surface area contributed by atoms with Crippen LogP contribution < -0.4 is 10.1 Å². The Kier molecular flexibility index (Phi) is 3.63. The zero-order valence-electron chi connectivity index (χ0n) is 9.36. The van der Waals surface area contributed by atoms with E-state index in [4.69, 9.17) is 4.74 Å². The van der Waals surface area contributed by atoms with Crippen LogP contribution in [0.1, 0.15) is 6.92 Å². The Morgan fingerprint density at radius 2 is 2.35 bits per heavy atom. The van der Waals surface area contributed by atoms with E-state index >= 15 is 0 Å². The molecule has 1 aromatic heterocycles. The molecule has 1 aromatic carbocycles. The molecule has 0 radical (unpaired) electrons. The molecular formula is C11H11BrN2O2S. The van der Waals surface area contributed by atoms with Crippen molar-refractivity contribution in [3.05, 3.63) is 18.2 Å². The van der Waals surface area contributed by atoms with Crippen LogP contribution in [0.2, 0.25) is 0 Å². The zero-order valence-corrected chi connectivity index (χ0v) is 11.8. The summed E-state index contributed by atoms with van der Waals surface area (Å²) in [4.78, 5) is 11.4. The number of hydrogen-bond donors (Lipinski definition) is 1. The number of anilines is 1. The standard InChI is InChI=1S/C11H11BrN2O2S/c1-6(12)10(15)13-8-5-3-4-7-9(8)17-14-11(7)16-2/h3-6H,1-2H3,(H,13,15). The first-order valence-electron chi connectivity index (χ1n) is 5.01. The molecule has 0 fully saturated rings. The number of amides is 1. The van der Waals surface area contributed by atoms with Crippen molar-refractivity contribution in [3.63, 3.8) is 0 Å². The third-order valence-corrected chi connectivity index (χ3v) is 3.57. The van der Waals surface area contributed by atoms with Crippen molar-refractivity contribution in [2.75, 3.05) is 12.4 Å². The van der Waals surface area contributed by atoms with Gasteiger partial charge in [-0.1, -0.05) is 22.0 Å². The van der Waals surface area contributed by atoms with Gasteiger partial charge in [-0.15, -0.1) is 0 Å². The molecule has 2 aromatic rings. The molecule has 0 aliphatic rings. The highest BCUT2D eigenvalue weighted by molar-refractivity contribution is 9.10. The minimum absolute atomic E-state index is 0.0788. The molecular weight excluding hydrogens is 304 g/mol. The third-order valence-electron chi connectivity index (χ3n) is 2.28. The number of ether oxygens (including phenoxy) is 1. The first kappa shape index (κ1) is 12.3. The van der Waals surface area contributed by atoms with E-state index in [0.29, 0.717) is 5.88 Å². The third kappa shape index (κ3) is 2.42. The van der Waals surface area contributed by atoms with E-state index in [9.17, 15) is 4.79 Å². The lowest BCUT2D eigenvalue weighted by Gasteiger charge is -2.07. The van der Waals surface area contributed by atoms with Crippen molar-refractivity contribution in [2.24, 2.45) is 0 Å². The van der Waals surface area contributed by atoms with Gasteiger partial charge in [0.15, 0.2) is 0 Å². The first-order chi connectivity index (χ1) is 8.13. The van der Waals surface area contributed by atoms with Crippen molar-refractivity contribution < 1.29 is 9.53 Å². The van der Waals surface area contributed by atoms with Gasteiger partial charge in [-0.25, -0.2) is 0 Å². The van der Waals surface area contributed by atoms with Gasteiger partial charge in [0.1, 0.15) is 0 Å². The summed E-state index contributed by atoms with van der Waals surface area (Å²) in [6, 6.07) is 5.64. The van der Waals surface area contributed by atoms with E-state index < -0.39 is 0 Å². The molecule has 0 aliphatic carbocycles. The Morgan fingerprint density at radius 3 is 3.00 bits per heavy atom. The molecule has 1 amide bonds. The highest BCUT2D eigenvalue weighted by Crippen LogP contribution is 2.33. The van der Waals surface area contributed by atoms with E-state index in [1.165, 1.54) is 11.5 Å². The number of carbonyl (C=O) groups excluding carboxylic acids is 1. The van der Waals surface area contributed by atoms with Gasteiger partial charge in [-0.3, -0.25) is 4.79 Å². The number of rotatable bonds is 3. The maximum Gasteiger partial charge on any atom is 0.237 e. The van der Waals surface area contributed by atoms with Gasteiger partial charge in [-0.05, 0) is 30.6 Å². The van der Waals surface area contributed by atoms with Gasteiger partial charge in [0.2, 0.25) is 11.8 Å². The smallest absolute Gasteiger partial charge is 0.237 e. The average Bonchev–Trinajstić information content (AvgIpc) is 2.72. The number of nitrogens with zero attached hydrogens (tertiary/aromatic N) is 1. The number of benzene rings is 1. The fourth-order valence-corrected chi connectivity index (χ4v) is 2.35. The van der Waals surface area contributed by atoms with Crippen molar-refractivity contribution in [2.45, 2.75) is 11.8 Å². The zero-order chi connectivity index (χ0) is 12.4. The summed E-state index contributed by atoms with van der Waals surface area (Å²) < 4.78 is 10.3. The average molecular weight is 315 g/mol. The first-order valence-corrected chi connectivity index (χ1v) is 6.69. The van der Waals surface area contributed by atoms with Gasteiger partial charge in [0, 0.05) is 0 Å². The second-order valence-corrected chi connectivity index (χ2v) is 5.63. The Bertz CT molecular complexity index is 553. The van der Waals surface area contributed by atoms with Crippen LogP contribution >= 0.6 is 27.5 Å².